The Morgan fingerprint density at radius 1 is 1.10 bits per heavy atom. The van der Waals surface area contributed by atoms with Crippen molar-refractivity contribution in [3.8, 4) is 5.75 Å². The molecule has 2 aromatic carbocycles. The molecule has 0 aliphatic rings. The quantitative estimate of drug-likeness (QED) is 0.625. The van der Waals surface area contributed by atoms with Crippen molar-refractivity contribution in [3.63, 3.8) is 0 Å². The van der Waals surface area contributed by atoms with Crippen molar-refractivity contribution < 1.29 is 9.53 Å². The number of benzene rings is 2. The Bertz CT molecular complexity index is 582. The molecule has 0 aliphatic carbocycles. The molecular formula is C16H18N2O2. The SMILES string of the molecule is NC(=O)c1ccc(N)cc1OCCCc1ccccc1. The van der Waals surface area contributed by atoms with Crippen LogP contribution in [0.25, 0.3) is 0 Å². The number of hydrogen-bond donors (Lipinski definition) is 2. The summed E-state index contributed by atoms with van der Waals surface area (Å²) in [5.41, 5.74) is 13.2. The summed E-state index contributed by atoms with van der Waals surface area (Å²) in [6, 6.07) is 15.0. The van der Waals surface area contributed by atoms with Crippen LogP contribution in [-0.4, -0.2) is 12.5 Å². The topological polar surface area (TPSA) is 78.3 Å². The number of carbonyl (C=O) groups is 1. The average molecular weight is 270 g/mol. The molecule has 0 saturated heterocycles. The number of rotatable bonds is 6. The van der Waals surface area contributed by atoms with Crippen molar-refractivity contribution in [1.29, 1.82) is 0 Å². The van der Waals surface area contributed by atoms with Crippen molar-refractivity contribution in [2.24, 2.45) is 5.73 Å². The fraction of sp³-hybridized carbons (Fsp3) is 0.188. The molecule has 0 aromatic heterocycles. The van der Waals surface area contributed by atoms with Gasteiger partial charge in [-0.05, 0) is 30.5 Å². The van der Waals surface area contributed by atoms with Gasteiger partial charge in [-0.25, -0.2) is 0 Å². The summed E-state index contributed by atoms with van der Waals surface area (Å²) in [7, 11) is 0. The number of hydrogen-bond acceptors (Lipinski definition) is 3. The van der Waals surface area contributed by atoms with E-state index in [0.29, 0.717) is 23.6 Å². The second kappa shape index (κ2) is 6.61. The van der Waals surface area contributed by atoms with Gasteiger partial charge in [-0.1, -0.05) is 30.3 Å². The minimum Gasteiger partial charge on any atom is -0.493 e. The molecule has 4 N–H and O–H groups in total. The molecule has 0 radical (unpaired) electrons. The minimum atomic E-state index is -0.511. The lowest BCUT2D eigenvalue weighted by molar-refractivity contribution is 0.0996. The first-order valence-corrected chi connectivity index (χ1v) is 6.53. The average Bonchev–Trinajstić information content (AvgIpc) is 2.44. The molecule has 2 rings (SSSR count). The molecular weight excluding hydrogens is 252 g/mol. The smallest absolute Gasteiger partial charge is 0.252 e. The fourth-order valence-electron chi connectivity index (χ4n) is 1.97. The monoisotopic (exact) mass is 270 g/mol. The van der Waals surface area contributed by atoms with Crippen LogP contribution in [-0.2, 0) is 6.42 Å². The first kappa shape index (κ1) is 13.9. The molecule has 0 bridgehead atoms. The number of nitrogen functional groups attached to an aromatic ring is 1. The fourth-order valence-corrected chi connectivity index (χ4v) is 1.97. The molecule has 1 amide bonds. The predicted molar refractivity (Wildman–Crippen MR) is 79.6 cm³/mol. The van der Waals surface area contributed by atoms with Crippen LogP contribution in [0.4, 0.5) is 5.69 Å². The van der Waals surface area contributed by atoms with E-state index in [-0.39, 0.29) is 0 Å². The van der Waals surface area contributed by atoms with Crippen LogP contribution in [0.2, 0.25) is 0 Å². The molecule has 0 spiro atoms. The van der Waals surface area contributed by atoms with Gasteiger partial charge in [0.25, 0.3) is 5.91 Å². The van der Waals surface area contributed by atoms with E-state index >= 15 is 0 Å². The van der Waals surface area contributed by atoms with Crippen molar-refractivity contribution >= 4 is 11.6 Å². The largest absolute Gasteiger partial charge is 0.493 e. The maximum absolute atomic E-state index is 11.3. The van der Waals surface area contributed by atoms with Gasteiger partial charge in [0.15, 0.2) is 0 Å². The van der Waals surface area contributed by atoms with E-state index in [9.17, 15) is 4.79 Å². The van der Waals surface area contributed by atoms with Gasteiger partial charge in [-0.3, -0.25) is 4.79 Å². The summed E-state index contributed by atoms with van der Waals surface area (Å²) >= 11 is 0. The zero-order valence-corrected chi connectivity index (χ0v) is 11.2. The van der Waals surface area contributed by atoms with E-state index in [1.807, 2.05) is 18.2 Å². The molecule has 2 aromatic rings. The van der Waals surface area contributed by atoms with Crippen molar-refractivity contribution in [1.82, 2.24) is 0 Å². The van der Waals surface area contributed by atoms with E-state index < -0.39 is 5.91 Å². The number of ether oxygens (including phenoxy) is 1. The zero-order valence-electron chi connectivity index (χ0n) is 11.2. The summed E-state index contributed by atoms with van der Waals surface area (Å²) < 4.78 is 5.62. The Morgan fingerprint density at radius 3 is 2.55 bits per heavy atom. The molecule has 0 aliphatic heterocycles. The second-order valence-corrected chi connectivity index (χ2v) is 4.56. The summed E-state index contributed by atoms with van der Waals surface area (Å²) in [5.74, 6) is -0.0615. The van der Waals surface area contributed by atoms with Crippen molar-refractivity contribution in [3.05, 3.63) is 59.7 Å². The van der Waals surface area contributed by atoms with Gasteiger partial charge >= 0.3 is 0 Å². The highest BCUT2D eigenvalue weighted by Crippen LogP contribution is 2.21. The van der Waals surface area contributed by atoms with E-state index in [1.165, 1.54) is 5.56 Å². The summed E-state index contributed by atoms with van der Waals surface area (Å²) in [4.78, 5) is 11.3. The number of nitrogens with two attached hydrogens (primary N) is 2. The Labute approximate surface area is 118 Å². The van der Waals surface area contributed by atoms with E-state index in [4.69, 9.17) is 16.2 Å². The lowest BCUT2D eigenvalue weighted by Crippen LogP contribution is -2.13. The van der Waals surface area contributed by atoms with Gasteiger partial charge < -0.3 is 16.2 Å². The zero-order chi connectivity index (χ0) is 14.4. The van der Waals surface area contributed by atoms with E-state index in [0.717, 1.165) is 12.8 Å². The predicted octanol–water partition coefficient (Wildman–Crippen LogP) is 2.38. The summed E-state index contributed by atoms with van der Waals surface area (Å²) in [5, 5.41) is 0. The first-order valence-electron chi connectivity index (χ1n) is 6.53. The van der Waals surface area contributed by atoms with Crippen LogP contribution >= 0.6 is 0 Å². The number of aryl methyl sites for hydroxylation is 1. The normalized spacial score (nSPS) is 10.2. The van der Waals surface area contributed by atoms with E-state index in [1.54, 1.807) is 18.2 Å². The minimum absolute atomic E-state index is 0.360. The van der Waals surface area contributed by atoms with Gasteiger partial charge in [0.05, 0.1) is 12.2 Å². The van der Waals surface area contributed by atoms with Crippen molar-refractivity contribution in [2.75, 3.05) is 12.3 Å². The van der Waals surface area contributed by atoms with Gasteiger partial charge in [0, 0.05) is 11.8 Å². The van der Waals surface area contributed by atoms with Gasteiger partial charge in [0.2, 0.25) is 0 Å². The van der Waals surface area contributed by atoms with Crippen LogP contribution < -0.4 is 16.2 Å². The number of primary amides is 1. The second-order valence-electron chi connectivity index (χ2n) is 4.56. The highest BCUT2D eigenvalue weighted by atomic mass is 16.5. The Balaban J connectivity index is 1.91. The third kappa shape index (κ3) is 3.75. The van der Waals surface area contributed by atoms with Gasteiger partial charge in [0.1, 0.15) is 5.75 Å². The van der Waals surface area contributed by atoms with Crippen LogP contribution in [0.5, 0.6) is 5.75 Å². The molecule has 20 heavy (non-hydrogen) atoms. The highest BCUT2D eigenvalue weighted by molar-refractivity contribution is 5.96. The molecule has 4 heteroatoms. The third-order valence-electron chi connectivity index (χ3n) is 2.98. The van der Waals surface area contributed by atoms with Crippen LogP contribution in [0.1, 0.15) is 22.3 Å². The maximum atomic E-state index is 11.3. The maximum Gasteiger partial charge on any atom is 0.252 e. The van der Waals surface area contributed by atoms with Gasteiger partial charge in [-0.2, -0.15) is 0 Å². The molecule has 0 unspecified atom stereocenters. The van der Waals surface area contributed by atoms with E-state index in [2.05, 4.69) is 12.1 Å². The summed E-state index contributed by atoms with van der Waals surface area (Å²) in [6.07, 6.45) is 1.78. The number of carbonyl (C=O) groups excluding carboxylic acids is 1. The Kier molecular flexibility index (Phi) is 4.60. The van der Waals surface area contributed by atoms with Gasteiger partial charge in [-0.15, -0.1) is 0 Å². The number of amides is 1. The Hall–Kier alpha value is -2.49. The van der Waals surface area contributed by atoms with Crippen LogP contribution in [0, 0.1) is 0 Å². The lowest BCUT2D eigenvalue weighted by atomic mass is 10.1. The molecule has 0 fully saturated rings. The number of anilines is 1. The highest BCUT2D eigenvalue weighted by Gasteiger charge is 2.09. The molecule has 4 nitrogen and oxygen atoms in total. The molecule has 0 saturated carbocycles. The third-order valence-corrected chi connectivity index (χ3v) is 2.98. The van der Waals surface area contributed by atoms with Crippen LogP contribution in [0.3, 0.4) is 0 Å². The Morgan fingerprint density at radius 2 is 1.85 bits per heavy atom. The summed E-state index contributed by atoms with van der Waals surface area (Å²) in [6.45, 7) is 0.513. The van der Waals surface area contributed by atoms with Crippen LogP contribution in [0.15, 0.2) is 48.5 Å². The first-order chi connectivity index (χ1) is 9.66. The standard InChI is InChI=1S/C16H18N2O2/c17-13-8-9-14(16(18)19)15(11-13)20-10-4-7-12-5-2-1-3-6-12/h1-3,5-6,8-9,11H,4,7,10,17H2,(H2,18,19). The molecule has 0 heterocycles. The molecule has 0 atom stereocenters. The molecule has 104 valence electrons. The lowest BCUT2D eigenvalue weighted by Gasteiger charge is -2.10. The van der Waals surface area contributed by atoms with Crippen molar-refractivity contribution in [2.45, 2.75) is 12.8 Å².